The molecule has 0 aliphatic carbocycles. The third-order valence-corrected chi connectivity index (χ3v) is 2.45. The van der Waals surface area contributed by atoms with Gasteiger partial charge >= 0.3 is 0 Å². The molecule has 0 unspecified atom stereocenters. The van der Waals surface area contributed by atoms with Crippen molar-refractivity contribution >= 4 is 11.6 Å². The van der Waals surface area contributed by atoms with Crippen LogP contribution in [0, 0.1) is 10.1 Å². The van der Waals surface area contributed by atoms with Crippen LogP contribution in [-0.4, -0.2) is 20.6 Å². The second kappa shape index (κ2) is 4.28. The highest BCUT2D eigenvalue weighted by Crippen LogP contribution is 2.19. The summed E-state index contributed by atoms with van der Waals surface area (Å²) >= 11 is 0. The van der Waals surface area contributed by atoms with Crippen LogP contribution in [0.3, 0.4) is 0 Å². The molecule has 0 atom stereocenters. The van der Waals surface area contributed by atoms with Gasteiger partial charge in [0.2, 0.25) is 5.91 Å². The Morgan fingerprint density at radius 1 is 1.33 bits per heavy atom. The van der Waals surface area contributed by atoms with E-state index in [9.17, 15) is 19.7 Å². The molecule has 0 aliphatic rings. The molecule has 0 saturated carbocycles. The standard InChI is InChI=1S/C11H9N3O4/c1-7(15)13-6-10(11(16)12-13)8-2-4-9(5-3-8)14(17)18/h2-6H,1H3,(H,12,16). The average molecular weight is 247 g/mol. The number of H-pyrrole nitrogens is 1. The van der Waals surface area contributed by atoms with E-state index in [2.05, 4.69) is 5.10 Å². The number of rotatable bonds is 2. The topological polar surface area (TPSA) is 98.0 Å². The summed E-state index contributed by atoms with van der Waals surface area (Å²) in [5.74, 6) is -0.319. The molecule has 0 amide bonds. The number of benzene rings is 1. The first-order valence-corrected chi connectivity index (χ1v) is 5.06. The summed E-state index contributed by atoms with van der Waals surface area (Å²) in [5.41, 5.74) is 0.335. The molecule has 7 nitrogen and oxygen atoms in total. The molecule has 2 rings (SSSR count). The number of non-ortho nitro benzene ring substituents is 1. The van der Waals surface area contributed by atoms with E-state index in [1.54, 1.807) is 0 Å². The fourth-order valence-corrected chi connectivity index (χ4v) is 1.53. The minimum Gasteiger partial charge on any atom is -0.273 e. The van der Waals surface area contributed by atoms with Crippen LogP contribution >= 0.6 is 0 Å². The van der Waals surface area contributed by atoms with Crippen LogP contribution in [0.25, 0.3) is 11.1 Å². The van der Waals surface area contributed by atoms with E-state index in [1.165, 1.54) is 37.4 Å². The predicted molar refractivity (Wildman–Crippen MR) is 63.4 cm³/mol. The van der Waals surface area contributed by atoms with E-state index in [4.69, 9.17) is 0 Å². The monoisotopic (exact) mass is 247 g/mol. The van der Waals surface area contributed by atoms with Crippen molar-refractivity contribution in [3.05, 3.63) is 50.9 Å². The molecule has 0 radical (unpaired) electrons. The maximum atomic E-state index is 11.6. The molecule has 1 aromatic carbocycles. The number of aromatic nitrogens is 2. The highest BCUT2D eigenvalue weighted by atomic mass is 16.6. The summed E-state index contributed by atoms with van der Waals surface area (Å²) in [4.78, 5) is 32.7. The van der Waals surface area contributed by atoms with Crippen LogP contribution in [0.5, 0.6) is 0 Å². The first kappa shape index (κ1) is 11.8. The van der Waals surface area contributed by atoms with Gasteiger partial charge in [-0.05, 0) is 17.7 Å². The van der Waals surface area contributed by atoms with Gasteiger partial charge in [-0.25, -0.2) is 4.68 Å². The quantitative estimate of drug-likeness (QED) is 0.640. The van der Waals surface area contributed by atoms with Crippen LogP contribution in [-0.2, 0) is 0 Å². The number of nitrogens with one attached hydrogen (secondary N) is 1. The SMILES string of the molecule is CC(=O)n1cc(-c2ccc([N+](=O)[O-])cc2)c(=O)[nH]1. The van der Waals surface area contributed by atoms with Crippen molar-refractivity contribution in [2.75, 3.05) is 0 Å². The number of aromatic amines is 1. The van der Waals surface area contributed by atoms with Crippen molar-refractivity contribution in [2.45, 2.75) is 6.92 Å². The fourth-order valence-electron chi connectivity index (χ4n) is 1.53. The lowest BCUT2D eigenvalue weighted by atomic mass is 10.1. The summed E-state index contributed by atoms with van der Waals surface area (Å²) < 4.78 is 1.07. The summed E-state index contributed by atoms with van der Waals surface area (Å²) in [6.45, 7) is 1.32. The molecule has 0 bridgehead atoms. The molecule has 0 spiro atoms. The van der Waals surface area contributed by atoms with Gasteiger partial charge in [-0.1, -0.05) is 0 Å². The van der Waals surface area contributed by atoms with E-state index in [-0.39, 0.29) is 11.6 Å². The van der Waals surface area contributed by atoms with Gasteiger partial charge in [0.15, 0.2) is 0 Å². The lowest BCUT2D eigenvalue weighted by Crippen LogP contribution is -2.10. The van der Waals surface area contributed by atoms with E-state index < -0.39 is 10.5 Å². The van der Waals surface area contributed by atoms with E-state index >= 15 is 0 Å². The normalized spacial score (nSPS) is 10.3. The largest absolute Gasteiger partial charge is 0.273 e. The van der Waals surface area contributed by atoms with Gasteiger partial charge in [0.05, 0.1) is 10.5 Å². The lowest BCUT2D eigenvalue weighted by Gasteiger charge is -1.95. The van der Waals surface area contributed by atoms with Gasteiger partial charge in [0, 0.05) is 25.3 Å². The number of nitrogens with zero attached hydrogens (tertiary/aromatic N) is 2. The molecule has 1 aromatic heterocycles. The molecule has 0 fully saturated rings. The number of nitro benzene ring substituents is 1. The first-order valence-electron chi connectivity index (χ1n) is 5.06. The Labute approximate surface area is 101 Å². The van der Waals surface area contributed by atoms with Crippen molar-refractivity contribution in [1.29, 1.82) is 0 Å². The Morgan fingerprint density at radius 3 is 2.39 bits per heavy atom. The van der Waals surface area contributed by atoms with Crippen molar-refractivity contribution in [3.8, 4) is 11.1 Å². The Kier molecular flexibility index (Phi) is 2.80. The third-order valence-electron chi connectivity index (χ3n) is 2.45. The molecule has 18 heavy (non-hydrogen) atoms. The fraction of sp³-hybridized carbons (Fsp3) is 0.0909. The molecular formula is C11H9N3O4. The minimum atomic E-state index is -0.519. The molecule has 2 aromatic rings. The summed E-state index contributed by atoms with van der Waals surface area (Å²) in [5, 5.41) is 12.9. The zero-order chi connectivity index (χ0) is 13.3. The number of hydrogen-bond acceptors (Lipinski definition) is 4. The maximum Gasteiger partial charge on any atom is 0.272 e. The van der Waals surface area contributed by atoms with Crippen molar-refractivity contribution in [2.24, 2.45) is 0 Å². The van der Waals surface area contributed by atoms with Gasteiger partial charge in [-0.3, -0.25) is 24.8 Å². The molecule has 92 valence electrons. The van der Waals surface area contributed by atoms with Crippen molar-refractivity contribution in [3.63, 3.8) is 0 Å². The Hall–Kier alpha value is -2.70. The number of carbonyl (C=O) groups is 1. The zero-order valence-corrected chi connectivity index (χ0v) is 9.41. The highest BCUT2D eigenvalue weighted by Gasteiger charge is 2.10. The average Bonchev–Trinajstić information content (AvgIpc) is 2.71. The third kappa shape index (κ3) is 2.05. The molecule has 1 N–H and O–H groups in total. The van der Waals surface area contributed by atoms with Crippen LogP contribution < -0.4 is 5.56 Å². The van der Waals surface area contributed by atoms with Gasteiger partial charge in [-0.15, -0.1) is 0 Å². The minimum absolute atomic E-state index is 0.0545. The maximum absolute atomic E-state index is 11.6. The van der Waals surface area contributed by atoms with Crippen molar-refractivity contribution < 1.29 is 9.72 Å². The second-order valence-electron chi connectivity index (χ2n) is 3.68. The summed E-state index contributed by atoms with van der Waals surface area (Å²) in [6.07, 6.45) is 1.37. The van der Waals surface area contributed by atoms with Gasteiger partial charge < -0.3 is 0 Å². The number of carbonyl (C=O) groups excluding carboxylic acids is 1. The Morgan fingerprint density at radius 2 is 1.94 bits per heavy atom. The zero-order valence-electron chi connectivity index (χ0n) is 9.41. The Bertz CT molecular complexity index is 666. The summed E-state index contributed by atoms with van der Waals surface area (Å²) in [6, 6.07) is 5.54. The van der Waals surface area contributed by atoms with Gasteiger partial charge in [0.1, 0.15) is 0 Å². The first-order chi connectivity index (χ1) is 8.49. The van der Waals surface area contributed by atoms with Crippen molar-refractivity contribution in [1.82, 2.24) is 9.78 Å². The molecule has 0 aliphatic heterocycles. The smallest absolute Gasteiger partial charge is 0.272 e. The van der Waals surface area contributed by atoms with E-state index in [0.29, 0.717) is 11.1 Å². The lowest BCUT2D eigenvalue weighted by molar-refractivity contribution is -0.384. The predicted octanol–water partition coefficient (Wildman–Crippen LogP) is 1.41. The second-order valence-corrected chi connectivity index (χ2v) is 3.68. The number of hydrogen-bond donors (Lipinski definition) is 1. The van der Waals surface area contributed by atoms with E-state index in [0.717, 1.165) is 4.68 Å². The number of nitro groups is 1. The van der Waals surface area contributed by atoms with Crippen LogP contribution in [0.15, 0.2) is 35.3 Å². The summed E-state index contributed by atoms with van der Waals surface area (Å²) in [7, 11) is 0. The molecule has 1 heterocycles. The van der Waals surface area contributed by atoms with Crippen LogP contribution in [0.4, 0.5) is 5.69 Å². The highest BCUT2D eigenvalue weighted by molar-refractivity contribution is 5.77. The van der Waals surface area contributed by atoms with E-state index in [1.807, 2.05) is 0 Å². The van der Waals surface area contributed by atoms with Crippen LogP contribution in [0.2, 0.25) is 0 Å². The molecular weight excluding hydrogens is 238 g/mol. The molecule has 0 saturated heterocycles. The Balaban J connectivity index is 2.46. The van der Waals surface area contributed by atoms with Gasteiger partial charge in [0.25, 0.3) is 11.2 Å². The van der Waals surface area contributed by atoms with Crippen LogP contribution in [0.1, 0.15) is 11.7 Å². The molecule has 7 heteroatoms. The van der Waals surface area contributed by atoms with Gasteiger partial charge in [-0.2, -0.15) is 0 Å².